The number of fused-ring (bicyclic) bond motifs is 2. The summed E-state index contributed by atoms with van der Waals surface area (Å²) in [6, 6.07) is 16.8. The number of hydrogen-bond donors (Lipinski definition) is 1. The lowest BCUT2D eigenvalue weighted by molar-refractivity contribution is 0.593. The Balaban J connectivity index is 1.60. The molecule has 5 aromatic rings. The maximum atomic E-state index is 13.2. The summed E-state index contributed by atoms with van der Waals surface area (Å²) in [5, 5.41) is 1.51. The van der Waals surface area contributed by atoms with Crippen LogP contribution < -0.4 is 0 Å². The maximum Gasteiger partial charge on any atom is 0.226 e. The van der Waals surface area contributed by atoms with Crippen LogP contribution in [0.15, 0.2) is 83.2 Å². The molecular formula is C21H13FN4O2S. The van der Waals surface area contributed by atoms with Crippen LogP contribution in [0, 0.1) is 5.82 Å². The Hall–Kier alpha value is -3.65. The van der Waals surface area contributed by atoms with Gasteiger partial charge in [-0.3, -0.25) is 0 Å². The molecule has 0 radical (unpaired) electrons. The van der Waals surface area contributed by atoms with Crippen molar-refractivity contribution in [2.75, 3.05) is 0 Å². The number of sulfone groups is 1. The predicted molar refractivity (Wildman–Crippen MR) is 106 cm³/mol. The number of H-pyrrole nitrogens is 1. The fourth-order valence-electron chi connectivity index (χ4n) is 3.26. The van der Waals surface area contributed by atoms with Gasteiger partial charge in [0.2, 0.25) is 9.84 Å². The third kappa shape index (κ3) is 2.94. The fraction of sp³-hybridized carbons (Fsp3) is 0. The highest BCUT2D eigenvalue weighted by atomic mass is 32.2. The minimum Gasteiger partial charge on any atom is -0.329 e. The van der Waals surface area contributed by atoms with Crippen LogP contribution in [0.3, 0.4) is 0 Å². The second-order valence-electron chi connectivity index (χ2n) is 6.51. The first-order valence-electron chi connectivity index (χ1n) is 8.71. The Morgan fingerprint density at radius 3 is 2.34 bits per heavy atom. The quantitative estimate of drug-likeness (QED) is 0.457. The van der Waals surface area contributed by atoms with E-state index in [4.69, 9.17) is 0 Å². The van der Waals surface area contributed by atoms with Crippen molar-refractivity contribution >= 4 is 31.8 Å². The first kappa shape index (κ1) is 17.4. The summed E-state index contributed by atoms with van der Waals surface area (Å²) in [7, 11) is -3.87. The molecule has 0 atom stereocenters. The van der Waals surface area contributed by atoms with E-state index in [9.17, 15) is 12.8 Å². The van der Waals surface area contributed by atoms with Gasteiger partial charge in [0.15, 0.2) is 10.7 Å². The highest BCUT2D eigenvalue weighted by Gasteiger charge is 2.24. The molecule has 6 nitrogen and oxygen atoms in total. The molecule has 142 valence electrons. The summed E-state index contributed by atoms with van der Waals surface area (Å²) in [6.07, 6.45) is 2.58. The monoisotopic (exact) mass is 404 g/mol. The Bertz CT molecular complexity index is 1480. The number of nitrogens with zero attached hydrogens (tertiary/aromatic N) is 3. The standard InChI is InChI=1S/C21H13FN4O2S/c22-17-6-3-13(4-7-17)14-1-2-16-10-18(8-5-15(16)9-14)29(27,28)21-19-20(24-11-23-19)25-12-26-21/h1-12H,(H,23,24,25,26). The van der Waals surface area contributed by atoms with E-state index in [0.29, 0.717) is 5.65 Å². The van der Waals surface area contributed by atoms with E-state index in [1.165, 1.54) is 24.8 Å². The average Bonchev–Trinajstić information content (AvgIpc) is 3.22. The number of rotatable bonds is 3. The van der Waals surface area contributed by atoms with Crippen LogP contribution in [0.25, 0.3) is 33.1 Å². The Labute approximate surface area is 165 Å². The molecule has 8 heteroatoms. The number of imidazole rings is 1. The van der Waals surface area contributed by atoms with Gasteiger partial charge >= 0.3 is 0 Å². The molecule has 0 fully saturated rings. The van der Waals surface area contributed by atoms with Gasteiger partial charge in [0.05, 0.1) is 11.2 Å². The molecule has 0 spiro atoms. The number of nitrogens with one attached hydrogen (secondary N) is 1. The Morgan fingerprint density at radius 2 is 1.52 bits per heavy atom. The van der Waals surface area contributed by atoms with Crippen molar-refractivity contribution < 1.29 is 12.8 Å². The molecule has 0 saturated heterocycles. The zero-order valence-corrected chi connectivity index (χ0v) is 15.7. The van der Waals surface area contributed by atoms with E-state index in [1.54, 1.807) is 30.3 Å². The van der Waals surface area contributed by atoms with E-state index < -0.39 is 9.84 Å². The van der Waals surface area contributed by atoms with Crippen molar-refractivity contribution in [3.63, 3.8) is 0 Å². The van der Waals surface area contributed by atoms with E-state index in [1.807, 2.05) is 18.2 Å². The van der Waals surface area contributed by atoms with Gasteiger partial charge < -0.3 is 4.98 Å². The van der Waals surface area contributed by atoms with Crippen molar-refractivity contribution in [1.29, 1.82) is 0 Å². The molecule has 3 aromatic carbocycles. The van der Waals surface area contributed by atoms with Gasteiger partial charge in [-0.05, 0) is 52.2 Å². The van der Waals surface area contributed by atoms with Gasteiger partial charge in [-0.15, -0.1) is 0 Å². The van der Waals surface area contributed by atoms with Crippen molar-refractivity contribution in [2.45, 2.75) is 9.92 Å². The zero-order chi connectivity index (χ0) is 20.0. The van der Waals surface area contributed by atoms with Gasteiger partial charge in [0, 0.05) is 0 Å². The molecule has 5 rings (SSSR count). The van der Waals surface area contributed by atoms with E-state index in [2.05, 4.69) is 19.9 Å². The maximum absolute atomic E-state index is 13.2. The normalized spacial score (nSPS) is 11.9. The van der Waals surface area contributed by atoms with Crippen molar-refractivity contribution in [3.05, 3.63) is 79.1 Å². The predicted octanol–water partition coefficient (Wildman–Crippen LogP) is 4.15. The van der Waals surface area contributed by atoms with Crippen LogP contribution >= 0.6 is 0 Å². The van der Waals surface area contributed by atoms with Crippen molar-refractivity contribution in [3.8, 4) is 11.1 Å². The molecule has 0 aliphatic heterocycles. The van der Waals surface area contributed by atoms with Crippen LogP contribution in [-0.4, -0.2) is 28.4 Å². The zero-order valence-electron chi connectivity index (χ0n) is 14.9. The average molecular weight is 404 g/mol. The lowest BCUT2D eigenvalue weighted by Gasteiger charge is -2.08. The molecule has 0 bridgehead atoms. The number of halogens is 1. The SMILES string of the molecule is O=S(=O)(c1ccc2cc(-c3ccc(F)cc3)ccc2c1)c1ncnc2[nH]cnc12. The number of aromatic nitrogens is 4. The van der Waals surface area contributed by atoms with E-state index in [0.717, 1.165) is 21.9 Å². The van der Waals surface area contributed by atoms with Crippen LogP contribution in [0.2, 0.25) is 0 Å². The molecule has 2 heterocycles. The summed E-state index contributed by atoms with van der Waals surface area (Å²) in [4.78, 5) is 14.9. The van der Waals surface area contributed by atoms with Crippen LogP contribution in [0.1, 0.15) is 0 Å². The molecule has 2 aromatic heterocycles. The molecule has 0 aliphatic carbocycles. The van der Waals surface area contributed by atoms with Gasteiger partial charge in [0.1, 0.15) is 17.7 Å². The highest BCUT2D eigenvalue weighted by Crippen LogP contribution is 2.29. The van der Waals surface area contributed by atoms with Gasteiger partial charge in [0.25, 0.3) is 0 Å². The molecule has 0 unspecified atom stereocenters. The highest BCUT2D eigenvalue weighted by molar-refractivity contribution is 7.91. The first-order valence-corrected chi connectivity index (χ1v) is 10.2. The van der Waals surface area contributed by atoms with Gasteiger partial charge in [-0.25, -0.2) is 27.8 Å². The molecule has 0 aliphatic rings. The summed E-state index contributed by atoms with van der Waals surface area (Å²) < 4.78 is 39.4. The van der Waals surface area contributed by atoms with Crippen molar-refractivity contribution in [2.24, 2.45) is 0 Å². The Morgan fingerprint density at radius 1 is 0.793 bits per heavy atom. The minimum absolute atomic E-state index is 0.127. The Kier molecular flexibility index (Phi) is 3.88. The molecule has 0 saturated carbocycles. The lowest BCUT2D eigenvalue weighted by atomic mass is 10.0. The third-order valence-corrected chi connectivity index (χ3v) is 6.42. The molecule has 29 heavy (non-hydrogen) atoms. The first-order chi connectivity index (χ1) is 14.0. The summed E-state index contributed by atoms with van der Waals surface area (Å²) in [5.41, 5.74) is 2.37. The van der Waals surface area contributed by atoms with Gasteiger partial charge in [-0.2, -0.15) is 0 Å². The van der Waals surface area contributed by atoms with E-state index in [-0.39, 0.29) is 21.3 Å². The second kappa shape index (κ2) is 6.46. The van der Waals surface area contributed by atoms with Crippen molar-refractivity contribution in [1.82, 2.24) is 19.9 Å². The molecule has 1 N–H and O–H groups in total. The van der Waals surface area contributed by atoms with Crippen LogP contribution in [0.5, 0.6) is 0 Å². The summed E-state index contributed by atoms with van der Waals surface area (Å²) >= 11 is 0. The lowest BCUT2D eigenvalue weighted by Crippen LogP contribution is -2.06. The number of hydrogen-bond acceptors (Lipinski definition) is 5. The molecule has 0 amide bonds. The van der Waals surface area contributed by atoms with Crippen LogP contribution in [-0.2, 0) is 9.84 Å². The van der Waals surface area contributed by atoms with Gasteiger partial charge in [-0.1, -0.05) is 30.3 Å². The molecular weight excluding hydrogens is 391 g/mol. The third-order valence-electron chi connectivity index (χ3n) is 4.74. The smallest absolute Gasteiger partial charge is 0.226 e. The van der Waals surface area contributed by atoms with Crippen LogP contribution in [0.4, 0.5) is 4.39 Å². The summed E-state index contributed by atoms with van der Waals surface area (Å²) in [5.74, 6) is -0.292. The number of benzene rings is 3. The number of aromatic amines is 1. The minimum atomic E-state index is -3.87. The fourth-order valence-corrected chi connectivity index (χ4v) is 4.61. The largest absolute Gasteiger partial charge is 0.329 e. The summed E-state index contributed by atoms with van der Waals surface area (Å²) in [6.45, 7) is 0. The topological polar surface area (TPSA) is 88.6 Å². The van der Waals surface area contributed by atoms with E-state index >= 15 is 0 Å². The second-order valence-corrected chi connectivity index (χ2v) is 8.38.